The number of rotatable bonds is 3. The van der Waals surface area contributed by atoms with Crippen LogP contribution in [0.5, 0.6) is 0 Å². The first-order chi connectivity index (χ1) is 12.3. The second-order valence-electron chi connectivity index (χ2n) is 6.55. The average Bonchev–Trinajstić information content (AvgIpc) is 3.09. The van der Waals surface area contributed by atoms with E-state index < -0.39 is 0 Å². The first-order valence-electron chi connectivity index (χ1n) is 8.72. The van der Waals surface area contributed by atoms with Crippen molar-refractivity contribution < 1.29 is 9.53 Å². The van der Waals surface area contributed by atoms with Crippen molar-refractivity contribution in [3.8, 4) is 0 Å². The molecule has 3 heterocycles. The highest BCUT2D eigenvalue weighted by atomic mass is 16.5. The van der Waals surface area contributed by atoms with E-state index in [-0.39, 0.29) is 6.03 Å². The van der Waals surface area contributed by atoms with Crippen molar-refractivity contribution in [2.45, 2.75) is 12.6 Å². The molecule has 2 aromatic rings. The van der Waals surface area contributed by atoms with E-state index in [9.17, 15) is 4.79 Å². The zero-order chi connectivity index (χ0) is 17.1. The first-order valence-corrected chi connectivity index (χ1v) is 8.72. The van der Waals surface area contributed by atoms with Crippen molar-refractivity contribution in [3.05, 3.63) is 48.3 Å². The lowest BCUT2D eigenvalue weighted by Crippen LogP contribution is -2.59. The van der Waals surface area contributed by atoms with Crippen LogP contribution in [0.15, 0.2) is 42.7 Å². The lowest BCUT2D eigenvalue weighted by molar-refractivity contribution is -0.0355. The minimum absolute atomic E-state index is 0.0653. The number of hydrogen-bond acceptors (Lipinski definition) is 4. The zero-order valence-electron chi connectivity index (χ0n) is 14.2. The van der Waals surface area contributed by atoms with Crippen LogP contribution >= 0.6 is 0 Å². The molecule has 132 valence electrons. The summed E-state index contributed by atoms with van der Waals surface area (Å²) in [5.41, 5.74) is 1.90. The van der Waals surface area contributed by atoms with Gasteiger partial charge in [0.25, 0.3) is 0 Å². The summed E-state index contributed by atoms with van der Waals surface area (Å²) in [6.07, 6.45) is 3.56. The molecule has 2 aliphatic heterocycles. The number of carbonyl (C=O) groups is 1. The van der Waals surface area contributed by atoms with Gasteiger partial charge in [-0.3, -0.25) is 9.58 Å². The molecule has 7 nitrogen and oxygen atoms in total. The summed E-state index contributed by atoms with van der Waals surface area (Å²) in [6, 6.07) is 10.4. The van der Waals surface area contributed by atoms with Crippen LogP contribution in [0, 0.1) is 0 Å². The Kier molecular flexibility index (Phi) is 4.67. The number of fused-ring (bicyclic) bond motifs is 1. The summed E-state index contributed by atoms with van der Waals surface area (Å²) < 4.78 is 7.36. The van der Waals surface area contributed by atoms with Crippen molar-refractivity contribution in [1.82, 2.24) is 19.6 Å². The van der Waals surface area contributed by atoms with E-state index in [4.69, 9.17) is 4.74 Å². The molecule has 1 aromatic carbocycles. The highest BCUT2D eigenvalue weighted by Crippen LogP contribution is 2.15. The van der Waals surface area contributed by atoms with Crippen LogP contribution in [0.25, 0.3) is 0 Å². The SMILES string of the molecule is O=C(Nc1cnn(Cc2ccccc2)c1)N1CCN2CCOCC2C1. The Morgan fingerprint density at radius 2 is 2.12 bits per heavy atom. The van der Waals surface area contributed by atoms with E-state index in [0.717, 1.165) is 31.9 Å². The van der Waals surface area contributed by atoms with Crippen molar-refractivity contribution in [3.63, 3.8) is 0 Å². The lowest BCUT2D eigenvalue weighted by Gasteiger charge is -2.43. The van der Waals surface area contributed by atoms with Gasteiger partial charge in [0, 0.05) is 32.4 Å². The van der Waals surface area contributed by atoms with Crippen LogP contribution in [0.2, 0.25) is 0 Å². The third-order valence-electron chi connectivity index (χ3n) is 4.80. The number of anilines is 1. The van der Waals surface area contributed by atoms with Crippen molar-refractivity contribution in [2.75, 3.05) is 44.7 Å². The number of nitrogens with one attached hydrogen (secondary N) is 1. The van der Waals surface area contributed by atoms with Gasteiger partial charge in [0.1, 0.15) is 0 Å². The molecule has 0 saturated carbocycles. The number of nitrogens with zero attached hydrogens (tertiary/aromatic N) is 4. The van der Waals surface area contributed by atoms with E-state index in [1.165, 1.54) is 5.56 Å². The summed E-state index contributed by atoms with van der Waals surface area (Å²) >= 11 is 0. The quantitative estimate of drug-likeness (QED) is 0.919. The van der Waals surface area contributed by atoms with Gasteiger partial charge < -0.3 is 15.0 Å². The molecule has 1 N–H and O–H groups in total. The molecule has 2 aliphatic rings. The summed E-state index contributed by atoms with van der Waals surface area (Å²) in [5.74, 6) is 0. The highest BCUT2D eigenvalue weighted by molar-refractivity contribution is 5.89. The molecule has 0 radical (unpaired) electrons. The molecule has 25 heavy (non-hydrogen) atoms. The molecule has 0 spiro atoms. The minimum atomic E-state index is -0.0653. The molecular weight excluding hydrogens is 318 g/mol. The number of benzene rings is 1. The second kappa shape index (κ2) is 7.25. The molecular formula is C18H23N5O2. The Morgan fingerprint density at radius 3 is 3.00 bits per heavy atom. The standard InChI is InChI=1S/C18H23N5O2/c24-18(22-7-6-21-8-9-25-14-17(21)13-22)20-16-10-19-23(12-16)11-15-4-2-1-3-5-15/h1-5,10,12,17H,6-9,11,13-14H2,(H,20,24). The predicted octanol–water partition coefficient (Wildman–Crippen LogP) is 1.48. The van der Waals surface area contributed by atoms with Crippen LogP contribution in [0.4, 0.5) is 10.5 Å². The topological polar surface area (TPSA) is 62.6 Å². The fraction of sp³-hybridized carbons (Fsp3) is 0.444. The maximum absolute atomic E-state index is 12.5. The van der Waals surface area contributed by atoms with Gasteiger partial charge in [-0.1, -0.05) is 30.3 Å². The van der Waals surface area contributed by atoms with E-state index in [1.54, 1.807) is 6.20 Å². The fourth-order valence-corrected chi connectivity index (χ4v) is 3.42. The number of carbonyl (C=O) groups excluding carboxylic acids is 1. The van der Waals surface area contributed by atoms with E-state index in [2.05, 4.69) is 27.4 Å². The number of piperazine rings is 1. The summed E-state index contributed by atoms with van der Waals surface area (Å²) in [7, 11) is 0. The summed E-state index contributed by atoms with van der Waals surface area (Å²) in [4.78, 5) is 16.8. The molecule has 1 atom stereocenters. The van der Waals surface area contributed by atoms with Crippen LogP contribution < -0.4 is 5.32 Å². The van der Waals surface area contributed by atoms with E-state index in [0.29, 0.717) is 25.7 Å². The molecule has 7 heteroatoms. The number of urea groups is 1. The highest BCUT2D eigenvalue weighted by Gasteiger charge is 2.31. The van der Waals surface area contributed by atoms with Crippen LogP contribution in [-0.4, -0.2) is 71.0 Å². The lowest BCUT2D eigenvalue weighted by atomic mass is 10.1. The predicted molar refractivity (Wildman–Crippen MR) is 94.5 cm³/mol. The van der Waals surface area contributed by atoms with Gasteiger partial charge >= 0.3 is 6.03 Å². The van der Waals surface area contributed by atoms with Crippen molar-refractivity contribution >= 4 is 11.7 Å². The van der Waals surface area contributed by atoms with Crippen molar-refractivity contribution in [2.24, 2.45) is 0 Å². The Balaban J connectivity index is 1.33. The van der Waals surface area contributed by atoms with E-state index in [1.807, 2.05) is 34.0 Å². The van der Waals surface area contributed by atoms with Crippen LogP contribution in [0.1, 0.15) is 5.56 Å². The van der Waals surface area contributed by atoms with Gasteiger partial charge in [-0.15, -0.1) is 0 Å². The number of aromatic nitrogens is 2. The Hall–Kier alpha value is -2.38. The largest absolute Gasteiger partial charge is 0.378 e. The van der Waals surface area contributed by atoms with Gasteiger partial charge in [-0.2, -0.15) is 5.10 Å². The number of amides is 2. The van der Waals surface area contributed by atoms with Crippen LogP contribution in [-0.2, 0) is 11.3 Å². The molecule has 1 aromatic heterocycles. The maximum atomic E-state index is 12.5. The molecule has 2 saturated heterocycles. The number of ether oxygens (including phenoxy) is 1. The fourth-order valence-electron chi connectivity index (χ4n) is 3.42. The second-order valence-corrected chi connectivity index (χ2v) is 6.55. The minimum Gasteiger partial charge on any atom is -0.378 e. The third-order valence-corrected chi connectivity index (χ3v) is 4.80. The Morgan fingerprint density at radius 1 is 1.24 bits per heavy atom. The number of hydrogen-bond donors (Lipinski definition) is 1. The molecule has 2 fully saturated rings. The van der Waals surface area contributed by atoms with Gasteiger partial charge in [-0.05, 0) is 5.56 Å². The zero-order valence-corrected chi connectivity index (χ0v) is 14.2. The van der Waals surface area contributed by atoms with Gasteiger partial charge in [0.15, 0.2) is 0 Å². The average molecular weight is 341 g/mol. The smallest absolute Gasteiger partial charge is 0.322 e. The van der Waals surface area contributed by atoms with Crippen molar-refractivity contribution in [1.29, 1.82) is 0 Å². The molecule has 2 amide bonds. The van der Waals surface area contributed by atoms with Gasteiger partial charge in [-0.25, -0.2) is 4.79 Å². The third kappa shape index (κ3) is 3.83. The Labute approximate surface area is 147 Å². The normalized spacial score (nSPS) is 21.0. The molecule has 1 unspecified atom stereocenters. The maximum Gasteiger partial charge on any atom is 0.322 e. The van der Waals surface area contributed by atoms with E-state index >= 15 is 0 Å². The Bertz CT molecular complexity index is 717. The number of morpholine rings is 1. The molecule has 0 bridgehead atoms. The molecule has 0 aliphatic carbocycles. The van der Waals surface area contributed by atoms with Gasteiger partial charge in [0.05, 0.1) is 37.7 Å². The summed E-state index contributed by atoms with van der Waals surface area (Å²) in [5, 5.41) is 7.29. The van der Waals surface area contributed by atoms with Crippen LogP contribution in [0.3, 0.4) is 0 Å². The monoisotopic (exact) mass is 341 g/mol. The summed E-state index contributed by atoms with van der Waals surface area (Å²) in [6.45, 7) is 5.53. The molecule has 4 rings (SSSR count). The first kappa shape index (κ1) is 16.1. The van der Waals surface area contributed by atoms with Gasteiger partial charge in [0.2, 0.25) is 0 Å².